The van der Waals surface area contributed by atoms with E-state index in [0.717, 1.165) is 0 Å². The summed E-state index contributed by atoms with van der Waals surface area (Å²) in [5.41, 5.74) is 0. The summed E-state index contributed by atoms with van der Waals surface area (Å²) in [6, 6.07) is -0.606. The maximum Gasteiger partial charge on any atom is 0.333 e. The van der Waals surface area contributed by atoms with E-state index in [1.165, 1.54) is 6.92 Å². The molecular formula is C14H20N2O6. The number of hydrogen-bond donors (Lipinski definition) is 1. The van der Waals surface area contributed by atoms with Crippen molar-refractivity contribution in [2.24, 2.45) is 5.92 Å². The van der Waals surface area contributed by atoms with Crippen molar-refractivity contribution in [3.63, 3.8) is 0 Å². The van der Waals surface area contributed by atoms with Crippen LogP contribution in [0.25, 0.3) is 0 Å². The van der Waals surface area contributed by atoms with E-state index in [2.05, 4.69) is 10.2 Å². The molecule has 8 nitrogen and oxygen atoms in total. The SMILES string of the molecule is CC(=O)[C@@H](NC(=O)CCC(=O)ON1C(=O)CCC1=O)C(C)C. The molecule has 1 aliphatic rings. The van der Waals surface area contributed by atoms with Crippen LogP contribution in [0.4, 0.5) is 0 Å². The Bertz CT molecular complexity index is 484. The molecule has 1 heterocycles. The minimum atomic E-state index is -0.845. The zero-order chi connectivity index (χ0) is 16.9. The summed E-state index contributed by atoms with van der Waals surface area (Å²) in [4.78, 5) is 61.8. The van der Waals surface area contributed by atoms with Crippen LogP contribution in [-0.4, -0.2) is 40.6 Å². The summed E-state index contributed by atoms with van der Waals surface area (Å²) in [5, 5.41) is 2.98. The van der Waals surface area contributed by atoms with E-state index in [0.29, 0.717) is 5.06 Å². The van der Waals surface area contributed by atoms with Gasteiger partial charge in [-0.25, -0.2) is 4.79 Å². The van der Waals surface area contributed by atoms with Crippen molar-refractivity contribution in [2.75, 3.05) is 0 Å². The summed E-state index contributed by atoms with van der Waals surface area (Å²) in [6.07, 6.45) is -0.445. The molecule has 0 saturated carbocycles. The van der Waals surface area contributed by atoms with Gasteiger partial charge in [0.2, 0.25) is 5.91 Å². The molecule has 0 aromatic heterocycles. The molecule has 0 aliphatic carbocycles. The third kappa shape index (κ3) is 4.94. The highest BCUT2D eigenvalue weighted by atomic mass is 16.7. The van der Waals surface area contributed by atoms with Gasteiger partial charge >= 0.3 is 5.97 Å². The van der Waals surface area contributed by atoms with Gasteiger partial charge in [0.1, 0.15) is 0 Å². The fraction of sp³-hybridized carbons (Fsp3) is 0.643. The summed E-state index contributed by atoms with van der Waals surface area (Å²) in [6.45, 7) is 4.97. The van der Waals surface area contributed by atoms with Crippen molar-refractivity contribution < 1.29 is 28.8 Å². The van der Waals surface area contributed by atoms with Crippen LogP contribution in [-0.2, 0) is 28.8 Å². The van der Waals surface area contributed by atoms with Gasteiger partial charge in [-0.15, -0.1) is 5.06 Å². The fourth-order valence-electron chi connectivity index (χ4n) is 2.00. The lowest BCUT2D eigenvalue weighted by molar-refractivity contribution is -0.197. The van der Waals surface area contributed by atoms with Gasteiger partial charge in [0.05, 0.1) is 12.5 Å². The Morgan fingerprint density at radius 3 is 2.14 bits per heavy atom. The number of nitrogens with zero attached hydrogens (tertiary/aromatic N) is 1. The van der Waals surface area contributed by atoms with E-state index >= 15 is 0 Å². The molecule has 0 radical (unpaired) electrons. The van der Waals surface area contributed by atoms with Gasteiger partial charge in [0.15, 0.2) is 5.78 Å². The first-order valence-corrected chi connectivity index (χ1v) is 7.08. The van der Waals surface area contributed by atoms with Crippen LogP contribution in [0.5, 0.6) is 0 Å². The normalized spacial score (nSPS) is 15.9. The minimum Gasteiger partial charge on any atom is -0.346 e. The van der Waals surface area contributed by atoms with E-state index in [1.54, 1.807) is 13.8 Å². The van der Waals surface area contributed by atoms with Gasteiger partial charge in [0.25, 0.3) is 11.8 Å². The summed E-state index contributed by atoms with van der Waals surface area (Å²) >= 11 is 0. The highest BCUT2D eigenvalue weighted by molar-refractivity contribution is 6.01. The molecule has 1 aliphatic heterocycles. The van der Waals surface area contributed by atoms with Crippen LogP contribution < -0.4 is 5.32 Å². The molecule has 0 bridgehead atoms. The van der Waals surface area contributed by atoms with Gasteiger partial charge in [-0.2, -0.15) is 0 Å². The summed E-state index contributed by atoms with van der Waals surface area (Å²) in [5.74, 6) is -2.68. The van der Waals surface area contributed by atoms with Crippen molar-refractivity contribution in [3.8, 4) is 0 Å². The second-order valence-corrected chi connectivity index (χ2v) is 5.45. The van der Waals surface area contributed by atoms with E-state index in [9.17, 15) is 24.0 Å². The molecule has 0 aromatic rings. The number of ketones is 1. The largest absolute Gasteiger partial charge is 0.346 e. The van der Waals surface area contributed by atoms with Crippen molar-refractivity contribution >= 4 is 29.5 Å². The molecule has 1 saturated heterocycles. The van der Waals surface area contributed by atoms with E-state index in [1.807, 2.05) is 0 Å². The molecule has 0 spiro atoms. The Morgan fingerprint density at radius 2 is 1.68 bits per heavy atom. The molecule has 1 N–H and O–H groups in total. The van der Waals surface area contributed by atoms with E-state index < -0.39 is 29.7 Å². The first kappa shape index (κ1) is 17.8. The van der Waals surface area contributed by atoms with Crippen LogP contribution in [0.15, 0.2) is 0 Å². The number of imide groups is 1. The molecule has 22 heavy (non-hydrogen) atoms. The predicted octanol–water partition coefficient (Wildman–Crippen LogP) is 0.104. The lowest BCUT2D eigenvalue weighted by atomic mass is 10.0. The molecule has 122 valence electrons. The van der Waals surface area contributed by atoms with Gasteiger partial charge in [0, 0.05) is 19.3 Å². The van der Waals surface area contributed by atoms with Crippen molar-refractivity contribution in [1.29, 1.82) is 0 Å². The Morgan fingerprint density at radius 1 is 1.14 bits per heavy atom. The van der Waals surface area contributed by atoms with Crippen molar-refractivity contribution in [1.82, 2.24) is 10.4 Å². The fourth-order valence-corrected chi connectivity index (χ4v) is 2.00. The number of hydroxylamine groups is 2. The van der Waals surface area contributed by atoms with Gasteiger partial charge in [-0.3, -0.25) is 19.2 Å². The smallest absolute Gasteiger partial charge is 0.333 e. The molecule has 0 aromatic carbocycles. The monoisotopic (exact) mass is 312 g/mol. The quantitative estimate of drug-likeness (QED) is 0.668. The van der Waals surface area contributed by atoms with E-state index in [4.69, 9.17) is 0 Å². The van der Waals surface area contributed by atoms with Gasteiger partial charge < -0.3 is 10.2 Å². The number of amides is 3. The maximum absolute atomic E-state index is 11.7. The van der Waals surface area contributed by atoms with Crippen molar-refractivity contribution in [2.45, 2.75) is 52.5 Å². The molecule has 1 rings (SSSR count). The Kier molecular flexibility index (Phi) is 6.21. The maximum atomic E-state index is 11.7. The first-order valence-electron chi connectivity index (χ1n) is 7.08. The molecule has 1 fully saturated rings. The lowest BCUT2D eigenvalue weighted by Gasteiger charge is -2.19. The predicted molar refractivity (Wildman–Crippen MR) is 73.9 cm³/mol. The van der Waals surface area contributed by atoms with Crippen molar-refractivity contribution in [3.05, 3.63) is 0 Å². The molecule has 8 heteroatoms. The zero-order valence-electron chi connectivity index (χ0n) is 12.9. The molecule has 3 amide bonds. The number of rotatable bonds is 7. The highest BCUT2D eigenvalue weighted by Gasteiger charge is 2.32. The zero-order valence-corrected chi connectivity index (χ0v) is 12.9. The Hall–Kier alpha value is -2.25. The molecule has 0 unspecified atom stereocenters. The highest BCUT2D eigenvalue weighted by Crippen LogP contribution is 2.13. The first-order chi connectivity index (χ1) is 10.2. The molecular weight excluding hydrogens is 292 g/mol. The van der Waals surface area contributed by atoms with Gasteiger partial charge in [-0.1, -0.05) is 13.8 Å². The number of hydrogen-bond acceptors (Lipinski definition) is 6. The average Bonchev–Trinajstić information content (AvgIpc) is 2.73. The summed E-state index contributed by atoms with van der Waals surface area (Å²) in [7, 11) is 0. The van der Waals surface area contributed by atoms with Gasteiger partial charge in [-0.05, 0) is 12.8 Å². The Labute approximate surface area is 128 Å². The second kappa shape index (κ2) is 7.67. The number of nitrogens with one attached hydrogen (secondary N) is 1. The summed E-state index contributed by atoms with van der Waals surface area (Å²) < 4.78 is 0. The number of Topliss-reactive ketones (excluding diaryl/α,β-unsaturated/α-hetero) is 1. The van der Waals surface area contributed by atoms with E-state index in [-0.39, 0.29) is 37.4 Å². The third-order valence-electron chi connectivity index (χ3n) is 3.18. The van der Waals surface area contributed by atoms with Crippen LogP contribution >= 0.6 is 0 Å². The second-order valence-electron chi connectivity index (χ2n) is 5.45. The third-order valence-corrected chi connectivity index (χ3v) is 3.18. The lowest BCUT2D eigenvalue weighted by Crippen LogP contribution is -2.43. The molecule has 1 atom stereocenters. The topological polar surface area (TPSA) is 110 Å². The number of carbonyl (C=O) groups excluding carboxylic acids is 5. The van der Waals surface area contributed by atoms with Crippen LogP contribution in [0.1, 0.15) is 46.5 Å². The van der Waals surface area contributed by atoms with Crippen LogP contribution in [0, 0.1) is 5.92 Å². The van der Waals surface area contributed by atoms with Crippen LogP contribution in [0.2, 0.25) is 0 Å². The number of carbonyl (C=O) groups is 5. The average molecular weight is 312 g/mol. The van der Waals surface area contributed by atoms with Crippen LogP contribution in [0.3, 0.4) is 0 Å². The minimum absolute atomic E-state index is 0.0152. The standard InChI is InChI=1S/C14H20N2O6/c1-8(2)14(9(3)17)15-10(18)4-7-13(21)22-16-11(19)5-6-12(16)20/h8,14H,4-7H2,1-3H3,(H,15,18)/t14-/m0/s1. The Balaban J connectivity index is 2.40.